The molecular formula is C11H18O6. The zero-order valence-electron chi connectivity index (χ0n) is 10.2. The predicted molar refractivity (Wildman–Crippen MR) is 55.2 cm³/mol. The van der Waals surface area contributed by atoms with Gasteiger partial charge in [0.25, 0.3) is 0 Å². The van der Waals surface area contributed by atoms with Crippen molar-refractivity contribution < 1.29 is 28.8 Å². The van der Waals surface area contributed by atoms with Crippen LogP contribution in [0, 0.1) is 0 Å². The molecule has 3 fully saturated rings. The second-order valence-electron chi connectivity index (χ2n) is 5.09. The zero-order chi connectivity index (χ0) is 12.2. The summed E-state index contributed by atoms with van der Waals surface area (Å²) in [5.74, 6) is -0.627. The summed E-state index contributed by atoms with van der Waals surface area (Å²) >= 11 is 0. The summed E-state index contributed by atoms with van der Waals surface area (Å²) in [5, 5.41) is 9.02. The van der Waals surface area contributed by atoms with Crippen molar-refractivity contribution >= 4 is 0 Å². The lowest BCUT2D eigenvalue weighted by Gasteiger charge is -2.23. The molecule has 6 nitrogen and oxygen atoms in total. The van der Waals surface area contributed by atoms with E-state index in [-0.39, 0.29) is 37.1 Å². The molecule has 6 heteroatoms. The number of aliphatic hydroxyl groups excluding tert-OH is 1. The number of hydrogen-bond acceptors (Lipinski definition) is 6. The number of rotatable bonds is 3. The van der Waals surface area contributed by atoms with Crippen molar-refractivity contribution in [3.63, 3.8) is 0 Å². The van der Waals surface area contributed by atoms with Gasteiger partial charge >= 0.3 is 0 Å². The van der Waals surface area contributed by atoms with E-state index in [0.29, 0.717) is 0 Å². The molecule has 0 aliphatic carbocycles. The number of hydrogen-bond donors (Lipinski definition) is 1. The van der Waals surface area contributed by atoms with Crippen molar-refractivity contribution in [1.82, 2.24) is 0 Å². The van der Waals surface area contributed by atoms with E-state index in [4.69, 9.17) is 28.8 Å². The second kappa shape index (κ2) is 3.88. The molecule has 98 valence electrons. The van der Waals surface area contributed by atoms with Crippen LogP contribution in [0.25, 0.3) is 0 Å². The van der Waals surface area contributed by atoms with Gasteiger partial charge in [-0.15, -0.1) is 0 Å². The summed E-state index contributed by atoms with van der Waals surface area (Å²) in [6.45, 7) is 3.74. The highest BCUT2D eigenvalue weighted by Gasteiger charge is 2.62. The lowest BCUT2D eigenvalue weighted by atomic mass is 10.1. The van der Waals surface area contributed by atoms with Gasteiger partial charge in [-0.3, -0.25) is 0 Å². The predicted octanol–water partition coefficient (Wildman–Crippen LogP) is -0.363. The highest BCUT2D eigenvalue weighted by atomic mass is 16.8. The molecule has 0 bridgehead atoms. The molecule has 0 aromatic rings. The van der Waals surface area contributed by atoms with Gasteiger partial charge in [0, 0.05) is 7.11 Å². The Morgan fingerprint density at radius 1 is 1.06 bits per heavy atom. The van der Waals surface area contributed by atoms with Gasteiger partial charge in [0.2, 0.25) is 0 Å². The third-order valence-corrected chi connectivity index (χ3v) is 3.40. The Bertz CT molecular complexity index is 306. The fourth-order valence-electron chi connectivity index (χ4n) is 2.64. The van der Waals surface area contributed by atoms with Crippen molar-refractivity contribution in [3.8, 4) is 0 Å². The summed E-state index contributed by atoms with van der Waals surface area (Å²) in [6, 6.07) is 0. The smallest absolute Gasteiger partial charge is 0.186 e. The monoisotopic (exact) mass is 246 g/mol. The third-order valence-electron chi connectivity index (χ3n) is 3.40. The number of aliphatic hydroxyl groups is 1. The van der Waals surface area contributed by atoms with Crippen LogP contribution in [0.1, 0.15) is 13.8 Å². The summed E-state index contributed by atoms with van der Waals surface area (Å²) in [5.41, 5.74) is 0. The van der Waals surface area contributed by atoms with E-state index < -0.39 is 12.1 Å². The number of ether oxygens (including phenoxy) is 5. The van der Waals surface area contributed by atoms with Crippen molar-refractivity contribution in [2.45, 2.75) is 56.4 Å². The Balaban J connectivity index is 1.74. The van der Waals surface area contributed by atoms with Crippen LogP contribution in [0.4, 0.5) is 0 Å². The number of epoxide rings is 1. The largest absolute Gasteiger partial charge is 0.394 e. The lowest BCUT2D eigenvalue weighted by Crippen LogP contribution is -2.34. The highest BCUT2D eigenvalue weighted by molar-refractivity contribution is 5.04. The van der Waals surface area contributed by atoms with Gasteiger partial charge in [-0.25, -0.2) is 0 Å². The van der Waals surface area contributed by atoms with Gasteiger partial charge in [0.1, 0.15) is 30.5 Å². The topological polar surface area (TPSA) is 69.7 Å². The van der Waals surface area contributed by atoms with E-state index in [1.165, 1.54) is 0 Å². The maximum Gasteiger partial charge on any atom is 0.186 e. The number of fused-ring (bicyclic) bond motifs is 1. The maximum absolute atomic E-state index is 9.02. The van der Waals surface area contributed by atoms with Crippen LogP contribution in [0.3, 0.4) is 0 Å². The van der Waals surface area contributed by atoms with Crippen molar-refractivity contribution in [2.24, 2.45) is 0 Å². The molecule has 3 aliphatic heterocycles. The minimum Gasteiger partial charge on any atom is -0.394 e. The molecule has 0 radical (unpaired) electrons. The van der Waals surface area contributed by atoms with Crippen LogP contribution < -0.4 is 0 Å². The Kier molecular flexibility index (Phi) is 2.70. The van der Waals surface area contributed by atoms with Crippen molar-refractivity contribution in [2.75, 3.05) is 13.7 Å². The molecule has 0 saturated carbocycles. The summed E-state index contributed by atoms with van der Waals surface area (Å²) in [6.07, 6.45) is -1.37. The molecule has 3 rings (SSSR count). The molecule has 0 unspecified atom stereocenters. The Labute approximate surface area is 99.7 Å². The molecule has 0 spiro atoms. The summed E-state index contributed by atoms with van der Waals surface area (Å²) < 4.78 is 27.9. The lowest BCUT2D eigenvalue weighted by molar-refractivity contribution is -0.228. The Hall–Kier alpha value is -0.240. The molecular weight excluding hydrogens is 228 g/mol. The molecule has 3 saturated heterocycles. The first-order chi connectivity index (χ1) is 8.05. The van der Waals surface area contributed by atoms with E-state index in [1.807, 2.05) is 13.8 Å². The molecule has 0 aromatic heterocycles. The maximum atomic E-state index is 9.02. The van der Waals surface area contributed by atoms with Gasteiger partial charge in [-0.1, -0.05) is 0 Å². The fraction of sp³-hybridized carbons (Fsp3) is 1.00. The molecule has 6 atom stereocenters. The van der Waals surface area contributed by atoms with Crippen molar-refractivity contribution in [1.29, 1.82) is 0 Å². The molecule has 0 amide bonds. The van der Waals surface area contributed by atoms with E-state index in [0.717, 1.165) is 0 Å². The SMILES string of the molecule is CO[C@@H]1O[C@H]([C@@H]2O[C@@H]2CO)[C@H]2OC(C)(C)O[C@@H]12. The van der Waals surface area contributed by atoms with Gasteiger partial charge < -0.3 is 28.8 Å². The van der Waals surface area contributed by atoms with Crippen LogP contribution in [-0.2, 0) is 23.7 Å². The molecule has 0 aromatic carbocycles. The third kappa shape index (κ3) is 1.89. The standard InChI is InChI=1S/C11H18O6/c1-11(2)16-8-7(6-5(4-12)14-6)15-10(13-3)9(8)17-11/h5-10,12H,4H2,1-3H3/t5-,6-,7-,8-,9-,10-/m1/s1. The van der Waals surface area contributed by atoms with E-state index in [2.05, 4.69) is 0 Å². The molecule has 3 aliphatic rings. The van der Waals surface area contributed by atoms with Gasteiger partial charge in [-0.05, 0) is 13.8 Å². The Morgan fingerprint density at radius 2 is 1.76 bits per heavy atom. The average molecular weight is 246 g/mol. The quantitative estimate of drug-likeness (QED) is 0.686. The normalized spacial score (nSPS) is 51.5. The first-order valence-electron chi connectivity index (χ1n) is 5.86. The Morgan fingerprint density at radius 3 is 2.35 bits per heavy atom. The van der Waals surface area contributed by atoms with Crippen LogP contribution in [0.5, 0.6) is 0 Å². The fourth-order valence-corrected chi connectivity index (χ4v) is 2.64. The van der Waals surface area contributed by atoms with E-state index >= 15 is 0 Å². The molecule has 1 N–H and O–H groups in total. The molecule has 17 heavy (non-hydrogen) atoms. The van der Waals surface area contributed by atoms with Crippen LogP contribution in [-0.4, -0.2) is 61.4 Å². The van der Waals surface area contributed by atoms with Crippen molar-refractivity contribution in [3.05, 3.63) is 0 Å². The summed E-state index contributed by atoms with van der Waals surface area (Å²) in [7, 11) is 1.58. The molecule has 3 heterocycles. The van der Waals surface area contributed by atoms with E-state index in [1.54, 1.807) is 7.11 Å². The second-order valence-corrected chi connectivity index (χ2v) is 5.09. The zero-order valence-corrected chi connectivity index (χ0v) is 10.2. The van der Waals surface area contributed by atoms with Crippen LogP contribution >= 0.6 is 0 Å². The van der Waals surface area contributed by atoms with Gasteiger partial charge in [-0.2, -0.15) is 0 Å². The van der Waals surface area contributed by atoms with Crippen LogP contribution in [0.15, 0.2) is 0 Å². The summed E-state index contributed by atoms with van der Waals surface area (Å²) in [4.78, 5) is 0. The minimum atomic E-state index is -0.627. The van der Waals surface area contributed by atoms with E-state index in [9.17, 15) is 0 Å². The van der Waals surface area contributed by atoms with Crippen LogP contribution in [0.2, 0.25) is 0 Å². The first kappa shape index (κ1) is 11.8. The van der Waals surface area contributed by atoms with Gasteiger partial charge in [0.15, 0.2) is 12.1 Å². The number of methoxy groups -OCH3 is 1. The average Bonchev–Trinajstić information content (AvgIpc) is 2.89. The first-order valence-corrected chi connectivity index (χ1v) is 5.86. The highest BCUT2D eigenvalue weighted by Crippen LogP contribution is 2.44. The minimum absolute atomic E-state index is 0.00378. The van der Waals surface area contributed by atoms with Gasteiger partial charge in [0.05, 0.1) is 6.61 Å².